The fourth-order valence-electron chi connectivity index (χ4n) is 5.66. The molecule has 3 heterocycles. The molecule has 2 aromatic carbocycles. The van der Waals surface area contributed by atoms with Gasteiger partial charge in [-0.2, -0.15) is 0 Å². The number of benzene rings is 2. The first-order valence-electron chi connectivity index (χ1n) is 14.1. The molecule has 9 nitrogen and oxygen atoms in total. The van der Waals surface area contributed by atoms with Gasteiger partial charge in [-0.05, 0) is 73.5 Å². The first-order valence-corrected chi connectivity index (χ1v) is 15.6. The summed E-state index contributed by atoms with van der Waals surface area (Å²) in [5.41, 5.74) is 3.27. The van der Waals surface area contributed by atoms with E-state index in [-0.39, 0.29) is 16.5 Å². The largest absolute Gasteiger partial charge is 0.352 e. The molecule has 1 atom stereocenters. The highest BCUT2D eigenvalue weighted by Crippen LogP contribution is 2.32. The molecule has 41 heavy (non-hydrogen) atoms. The van der Waals surface area contributed by atoms with Crippen LogP contribution in [0.2, 0.25) is 0 Å². The van der Waals surface area contributed by atoms with Crippen LogP contribution in [0.15, 0.2) is 53.6 Å². The number of carbonyl (C=O) groups is 1. The van der Waals surface area contributed by atoms with E-state index in [9.17, 15) is 17.6 Å². The van der Waals surface area contributed by atoms with Crippen LogP contribution >= 0.6 is 0 Å². The molecule has 0 radical (unpaired) electrons. The average Bonchev–Trinajstić information content (AvgIpc) is 3.53. The molecule has 5 rings (SSSR count). The third kappa shape index (κ3) is 6.91. The van der Waals surface area contributed by atoms with Crippen LogP contribution in [-0.2, 0) is 23.0 Å². The van der Waals surface area contributed by atoms with Crippen LogP contribution < -0.4 is 4.72 Å². The van der Waals surface area contributed by atoms with Gasteiger partial charge in [0, 0.05) is 49.6 Å². The van der Waals surface area contributed by atoms with Crippen molar-refractivity contribution in [3.63, 3.8) is 0 Å². The fourth-order valence-corrected chi connectivity index (χ4v) is 6.68. The van der Waals surface area contributed by atoms with Crippen molar-refractivity contribution in [3.05, 3.63) is 65.7 Å². The number of fused-ring (bicyclic) bond motifs is 1. The SMILES string of the molecule is CC(=O)c1[nH]c2ccc(F)cc2c1-c1cn(C[C@H]2CCCN(CCNS(=O)(=O)c3ccc(CC(C)C)cc3)C2)nn1. The third-order valence-electron chi connectivity index (χ3n) is 7.55. The van der Waals surface area contributed by atoms with Crippen LogP contribution in [0.5, 0.6) is 0 Å². The minimum atomic E-state index is -3.56. The second kappa shape index (κ2) is 12.2. The molecule has 218 valence electrons. The van der Waals surface area contributed by atoms with Gasteiger partial charge < -0.3 is 9.88 Å². The van der Waals surface area contributed by atoms with E-state index in [0.717, 1.165) is 37.9 Å². The number of piperidine rings is 1. The first kappa shape index (κ1) is 29.1. The zero-order valence-electron chi connectivity index (χ0n) is 23.7. The van der Waals surface area contributed by atoms with Crippen LogP contribution in [-0.4, -0.2) is 65.3 Å². The van der Waals surface area contributed by atoms with Crippen LogP contribution in [0.4, 0.5) is 4.39 Å². The average molecular weight is 581 g/mol. The van der Waals surface area contributed by atoms with Gasteiger partial charge in [-0.15, -0.1) is 5.10 Å². The number of halogens is 1. The summed E-state index contributed by atoms with van der Waals surface area (Å²) in [6, 6.07) is 11.5. The molecule has 0 aliphatic carbocycles. The molecule has 0 bridgehead atoms. The molecule has 2 N–H and O–H groups in total. The van der Waals surface area contributed by atoms with E-state index in [1.54, 1.807) is 29.1 Å². The molecule has 4 aromatic rings. The van der Waals surface area contributed by atoms with Crippen LogP contribution in [0.25, 0.3) is 22.2 Å². The zero-order valence-corrected chi connectivity index (χ0v) is 24.5. The van der Waals surface area contributed by atoms with Gasteiger partial charge in [-0.25, -0.2) is 17.5 Å². The van der Waals surface area contributed by atoms with Gasteiger partial charge in [-0.3, -0.25) is 9.48 Å². The molecular weight excluding hydrogens is 543 g/mol. The number of aromatic amines is 1. The quantitative estimate of drug-likeness (QED) is 0.250. The smallest absolute Gasteiger partial charge is 0.240 e. The predicted molar refractivity (Wildman–Crippen MR) is 157 cm³/mol. The lowest BCUT2D eigenvalue weighted by Gasteiger charge is -2.32. The summed E-state index contributed by atoms with van der Waals surface area (Å²) in [7, 11) is -3.56. The molecule has 1 aliphatic rings. The molecule has 1 fully saturated rings. The Kier molecular flexibility index (Phi) is 8.67. The number of likely N-dealkylation sites (tertiary alicyclic amines) is 1. The molecule has 0 saturated carbocycles. The Balaban J connectivity index is 1.18. The number of hydrogen-bond donors (Lipinski definition) is 2. The molecule has 11 heteroatoms. The fraction of sp³-hybridized carbons (Fsp3) is 0.433. The van der Waals surface area contributed by atoms with Gasteiger partial charge in [0.2, 0.25) is 10.0 Å². The summed E-state index contributed by atoms with van der Waals surface area (Å²) in [6.45, 7) is 9.07. The molecule has 1 saturated heterocycles. The Hall–Kier alpha value is -3.41. The number of rotatable bonds is 11. The predicted octanol–water partition coefficient (Wildman–Crippen LogP) is 4.66. The molecular formula is C30H37FN6O3S. The van der Waals surface area contributed by atoms with Crippen molar-refractivity contribution in [1.29, 1.82) is 0 Å². The standard InChI is InChI=1S/C30H37FN6O3S/c1-20(2)15-22-6-9-25(10-7-22)41(39,40)32-12-14-36-13-4-5-23(17-36)18-37-19-28(34-35-37)29-26-16-24(31)8-11-27(26)33-30(29)21(3)38/h6-11,16,19-20,23,32-33H,4-5,12-15,17-18H2,1-3H3/t23-/m0/s1. The number of hydrogen-bond acceptors (Lipinski definition) is 6. The number of ketones is 1. The Bertz CT molecular complexity index is 1630. The topological polar surface area (TPSA) is 113 Å². The van der Waals surface area contributed by atoms with E-state index in [4.69, 9.17) is 0 Å². The lowest BCUT2D eigenvalue weighted by atomic mass is 9.98. The second-order valence-corrected chi connectivity index (χ2v) is 13.2. The molecule has 2 aromatic heterocycles. The molecule has 1 aliphatic heterocycles. The van der Waals surface area contributed by atoms with E-state index in [1.807, 2.05) is 12.1 Å². The van der Waals surface area contributed by atoms with Gasteiger partial charge >= 0.3 is 0 Å². The van der Waals surface area contributed by atoms with Crippen molar-refractivity contribution < 1.29 is 17.6 Å². The van der Waals surface area contributed by atoms with Crippen molar-refractivity contribution in [2.75, 3.05) is 26.2 Å². The van der Waals surface area contributed by atoms with Crippen molar-refractivity contribution in [3.8, 4) is 11.3 Å². The van der Waals surface area contributed by atoms with Gasteiger partial charge in [0.15, 0.2) is 5.78 Å². The Morgan fingerprint density at radius 1 is 1.20 bits per heavy atom. The number of nitrogens with one attached hydrogen (secondary N) is 2. The summed E-state index contributed by atoms with van der Waals surface area (Å²) in [5, 5.41) is 9.22. The van der Waals surface area contributed by atoms with Gasteiger partial charge in [0.25, 0.3) is 0 Å². The number of nitrogens with zero attached hydrogens (tertiary/aromatic N) is 4. The minimum absolute atomic E-state index is 0.159. The summed E-state index contributed by atoms with van der Waals surface area (Å²) in [6.07, 6.45) is 4.76. The van der Waals surface area contributed by atoms with Crippen LogP contribution in [0, 0.1) is 17.7 Å². The Morgan fingerprint density at radius 3 is 2.71 bits per heavy atom. The lowest BCUT2D eigenvalue weighted by molar-refractivity contribution is 0.101. The normalized spacial score (nSPS) is 16.6. The molecule has 0 amide bonds. The van der Waals surface area contributed by atoms with Gasteiger partial charge in [0.05, 0.1) is 16.8 Å². The lowest BCUT2D eigenvalue weighted by Crippen LogP contribution is -2.41. The van der Waals surface area contributed by atoms with Crippen molar-refractivity contribution >= 4 is 26.7 Å². The summed E-state index contributed by atoms with van der Waals surface area (Å²) < 4.78 is 44.1. The number of H-pyrrole nitrogens is 1. The number of carbonyl (C=O) groups excluding carboxylic acids is 1. The van der Waals surface area contributed by atoms with Gasteiger partial charge in [0.1, 0.15) is 11.5 Å². The van der Waals surface area contributed by atoms with Crippen molar-refractivity contribution in [2.45, 2.75) is 51.5 Å². The first-order chi connectivity index (χ1) is 19.6. The summed E-state index contributed by atoms with van der Waals surface area (Å²) in [4.78, 5) is 18.0. The van der Waals surface area contributed by atoms with Crippen molar-refractivity contribution in [1.82, 2.24) is 29.6 Å². The van der Waals surface area contributed by atoms with Crippen LogP contribution in [0.3, 0.4) is 0 Å². The highest BCUT2D eigenvalue weighted by molar-refractivity contribution is 7.89. The van der Waals surface area contributed by atoms with E-state index in [0.29, 0.717) is 59.3 Å². The summed E-state index contributed by atoms with van der Waals surface area (Å²) in [5.74, 6) is 0.286. The van der Waals surface area contributed by atoms with E-state index < -0.39 is 10.0 Å². The van der Waals surface area contributed by atoms with E-state index in [1.165, 1.54) is 19.1 Å². The number of aromatic nitrogens is 4. The minimum Gasteiger partial charge on any atom is -0.352 e. The summed E-state index contributed by atoms with van der Waals surface area (Å²) >= 11 is 0. The molecule has 0 unspecified atom stereocenters. The number of sulfonamides is 1. The maximum atomic E-state index is 14.0. The van der Waals surface area contributed by atoms with Crippen LogP contribution in [0.1, 0.15) is 49.7 Å². The Labute approximate surface area is 240 Å². The second-order valence-electron chi connectivity index (χ2n) is 11.4. The van der Waals surface area contributed by atoms with E-state index >= 15 is 0 Å². The zero-order chi connectivity index (χ0) is 29.1. The third-order valence-corrected chi connectivity index (χ3v) is 9.03. The number of Topliss-reactive ketones (excluding diaryl/α,β-unsaturated/α-hetero) is 1. The molecule has 0 spiro atoms. The van der Waals surface area contributed by atoms with E-state index in [2.05, 4.69) is 38.8 Å². The maximum Gasteiger partial charge on any atom is 0.240 e. The Morgan fingerprint density at radius 2 is 1.98 bits per heavy atom. The highest BCUT2D eigenvalue weighted by Gasteiger charge is 2.23. The maximum absolute atomic E-state index is 14.0. The highest BCUT2D eigenvalue weighted by atomic mass is 32.2. The van der Waals surface area contributed by atoms with Crippen molar-refractivity contribution in [2.24, 2.45) is 11.8 Å². The monoisotopic (exact) mass is 580 g/mol. The van der Waals surface area contributed by atoms with Gasteiger partial charge in [-0.1, -0.05) is 31.2 Å².